The number of halogens is 1. The van der Waals surface area contributed by atoms with Crippen molar-refractivity contribution in [3.8, 4) is 12.1 Å². The maximum atomic E-state index is 8.91. The molecule has 0 saturated carbocycles. The Hall–Kier alpha value is -1.75. The molecule has 1 aliphatic rings. The summed E-state index contributed by atoms with van der Waals surface area (Å²) >= 11 is 6.05. The SMILES string of the molecule is CC(C#N)N1CCN(c2ccc(C#N)c(Cl)c2)CC1. The van der Waals surface area contributed by atoms with Crippen molar-refractivity contribution in [2.45, 2.75) is 13.0 Å². The Morgan fingerprint density at radius 1 is 1.21 bits per heavy atom. The van der Waals surface area contributed by atoms with Crippen LogP contribution >= 0.6 is 11.6 Å². The lowest BCUT2D eigenvalue weighted by Gasteiger charge is -2.37. The Kier molecular flexibility index (Phi) is 4.27. The maximum absolute atomic E-state index is 8.91. The van der Waals surface area contributed by atoms with E-state index >= 15 is 0 Å². The Morgan fingerprint density at radius 3 is 2.42 bits per heavy atom. The highest BCUT2D eigenvalue weighted by atomic mass is 35.5. The molecule has 1 atom stereocenters. The van der Waals surface area contributed by atoms with Gasteiger partial charge in [-0.1, -0.05) is 11.6 Å². The molecule has 0 amide bonds. The van der Waals surface area contributed by atoms with Crippen molar-refractivity contribution in [1.82, 2.24) is 4.90 Å². The van der Waals surface area contributed by atoms with Crippen LogP contribution < -0.4 is 4.90 Å². The average molecular weight is 275 g/mol. The number of nitriles is 2. The molecule has 4 nitrogen and oxygen atoms in total. The van der Waals surface area contributed by atoms with Gasteiger partial charge < -0.3 is 4.90 Å². The van der Waals surface area contributed by atoms with Crippen LogP contribution in [0.5, 0.6) is 0 Å². The lowest BCUT2D eigenvalue weighted by atomic mass is 10.2. The summed E-state index contributed by atoms with van der Waals surface area (Å²) in [6.07, 6.45) is 0. The van der Waals surface area contributed by atoms with Gasteiger partial charge in [-0.15, -0.1) is 0 Å². The Bertz CT molecular complexity index is 535. The van der Waals surface area contributed by atoms with Crippen LogP contribution in [-0.2, 0) is 0 Å². The van der Waals surface area contributed by atoms with Crippen molar-refractivity contribution in [3.63, 3.8) is 0 Å². The monoisotopic (exact) mass is 274 g/mol. The second kappa shape index (κ2) is 5.93. The Balaban J connectivity index is 2.04. The molecule has 0 radical (unpaired) electrons. The number of nitrogens with zero attached hydrogens (tertiary/aromatic N) is 4. The van der Waals surface area contributed by atoms with E-state index in [2.05, 4.69) is 21.9 Å². The number of anilines is 1. The van der Waals surface area contributed by atoms with E-state index in [9.17, 15) is 0 Å². The first kappa shape index (κ1) is 13.7. The smallest absolute Gasteiger partial charge is 0.101 e. The standard InChI is InChI=1S/C14H15ClN4/c1-11(9-16)18-4-6-19(7-5-18)13-3-2-12(10-17)14(15)8-13/h2-3,8,11H,4-7H2,1H3. The zero-order chi connectivity index (χ0) is 13.8. The third kappa shape index (κ3) is 2.98. The van der Waals surface area contributed by atoms with Crippen LogP contribution in [0.15, 0.2) is 18.2 Å². The van der Waals surface area contributed by atoms with Gasteiger partial charge in [-0.2, -0.15) is 10.5 Å². The molecule has 1 unspecified atom stereocenters. The molecule has 1 heterocycles. The van der Waals surface area contributed by atoms with Gasteiger partial charge in [0.1, 0.15) is 6.07 Å². The first-order chi connectivity index (χ1) is 9.15. The first-order valence-electron chi connectivity index (χ1n) is 6.24. The summed E-state index contributed by atoms with van der Waals surface area (Å²) in [6.45, 7) is 5.40. The fourth-order valence-electron chi connectivity index (χ4n) is 2.24. The minimum atomic E-state index is -0.0355. The molecule has 2 rings (SSSR count). The fraction of sp³-hybridized carbons (Fsp3) is 0.429. The number of piperazine rings is 1. The summed E-state index contributed by atoms with van der Waals surface area (Å²) in [5, 5.41) is 18.3. The zero-order valence-corrected chi connectivity index (χ0v) is 11.6. The van der Waals surface area contributed by atoms with E-state index in [0.29, 0.717) is 10.6 Å². The molecule has 19 heavy (non-hydrogen) atoms. The van der Waals surface area contributed by atoms with Gasteiger partial charge in [0.15, 0.2) is 0 Å². The lowest BCUT2D eigenvalue weighted by Crippen LogP contribution is -2.49. The van der Waals surface area contributed by atoms with Gasteiger partial charge in [0.05, 0.1) is 22.7 Å². The fourth-order valence-corrected chi connectivity index (χ4v) is 2.46. The zero-order valence-electron chi connectivity index (χ0n) is 10.8. The second-order valence-electron chi connectivity index (χ2n) is 4.60. The summed E-state index contributed by atoms with van der Waals surface area (Å²) in [6, 6.07) is 9.80. The number of benzene rings is 1. The van der Waals surface area contributed by atoms with Gasteiger partial charge >= 0.3 is 0 Å². The predicted octanol–water partition coefficient (Wildman–Crippen LogP) is 2.25. The minimum Gasteiger partial charge on any atom is -0.369 e. The van der Waals surface area contributed by atoms with E-state index in [1.54, 1.807) is 6.07 Å². The normalized spacial score (nSPS) is 17.6. The molecule has 0 aromatic heterocycles. The number of hydrogen-bond acceptors (Lipinski definition) is 4. The van der Waals surface area contributed by atoms with Crippen LogP contribution in [0, 0.1) is 22.7 Å². The van der Waals surface area contributed by atoms with Gasteiger partial charge in [0, 0.05) is 31.9 Å². The molecule has 1 aromatic carbocycles. The maximum Gasteiger partial charge on any atom is 0.101 e. The lowest BCUT2D eigenvalue weighted by molar-refractivity contribution is 0.231. The topological polar surface area (TPSA) is 54.1 Å². The van der Waals surface area contributed by atoms with Gasteiger partial charge in [-0.05, 0) is 25.1 Å². The summed E-state index contributed by atoms with van der Waals surface area (Å²) in [5.74, 6) is 0. The molecule has 1 fully saturated rings. The molecular formula is C14H15ClN4. The third-order valence-electron chi connectivity index (χ3n) is 3.49. The van der Waals surface area contributed by atoms with Gasteiger partial charge in [0.2, 0.25) is 0 Å². The summed E-state index contributed by atoms with van der Waals surface area (Å²) in [5.41, 5.74) is 1.54. The summed E-state index contributed by atoms with van der Waals surface area (Å²) in [7, 11) is 0. The highest BCUT2D eigenvalue weighted by Gasteiger charge is 2.21. The van der Waals surface area contributed by atoms with Crippen LogP contribution in [-0.4, -0.2) is 37.1 Å². The van der Waals surface area contributed by atoms with Crippen molar-refractivity contribution in [2.75, 3.05) is 31.1 Å². The highest BCUT2D eigenvalue weighted by molar-refractivity contribution is 6.32. The van der Waals surface area contributed by atoms with Gasteiger partial charge in [-0.25, -0.2) is 0 Å². The molecule has 1 aliphatic heterocycles. The molecule has 0 spiro atoms. The van der Waals surface area contributed by atoms with Gasteiger partial charge in [0.25, 0.3) is 0 Å². The number of hydrogen-bond donors (Lipinski definition) is 0. The largest absolute Gasteiger partial charge is 0.369 e. The number of rotatable bonds is 2. The van der Waals surface area contributed by atoms with Crippen molar-refractivity contribution >= 4 is 17.3 Å². The van der Waals surface area contributed by atoms with Crippen LogP contribution in [0.25, 0.3) is 0 Å². The molecular weight excluding hydrogens is 260 g/mol. The molecule has 98 valence electrons. The van der Waals surface area contributed by atoms with E-state index in [4.69, 9.17) is 22.1 Å². The predicted molar refractivity (Wildman–Crippen MR) is 75.0 cm³/mol. The summed E-state index contributed by atoms with van der Waals surface area (Å²) in [4.78, 5) is 4.40. The van der Waals surface area contributed by atoms with Crippen molar-refractivity contribution in [2.24, 2.45) is 0 Å². The van der Waals surface area contributed by atoms with E-state index in [-0.39, 0.29) is 6.04 Å². The quantitative estimate of drug-likeness (QED) is 0.830. The Morgan fingerprint density at radius 2 is 1.89 bits per heavy atom. The van der Waals surface area contributed by atoms with Crippen molar-refractivity contribution in [1.29, 1.82) is 10.5 Å². The Labute approximate surface area is 118 Å². The molecule has 0 bridgehead atoms. The summed E-state index contributed by atoms with van der Waals surface area (Å²) < 4.78 is 0. The third-order valence-corrected chi connectivity index (χ3v) is 3.80. The second-order valence-corrected chi connectivity index (χ2v) is 5.01. The van der Waals surface area contributed by atoms with E-state index in [1.165, 1.54) is 0 Å². The molecule has 5 heteroatoms. The van der Waals surface area contributed by atoms with Crippen LogP contribution in [0.3, 0.4) is 0 Å². The van der Waals surface area contributed by atoms with Crippen LogP contribution in [0.1, 0.15) is 12.5 Å². The van der Waals surface area contributed by atoms with Crippen LogP contribution in [0.2, 0.25) is 5.02 Å². The van der Waals surface area contributed by atoms with E-state index < -0.39 is 0 Å². The molecule has 1 saturated heterocycles. The first-order valence-corrected chi connectivity index (χ1v) is 6.61. The highest BCUT2D eigenvalue weighted by Crippen LogP contribution is 2.24. The van der Waals surface area contributed by atoms with E-state index in [0.717, 1.165) is 31.9 Å². The van der Waals surface area contributed by atoms with Crippen LogP contribution in [0.4, 0.5) is 5.69 Å². The van der Waals surface area contributed by atoms with Gasteiger partial charge in [-0.3, -0.25) is 4.90 Å². The molecule has 0 aliphatic carbocycles. The van der Waals surface area contributed by atoms with E-state index in [1.807, 2.05) is 19.1 Å². The molecule has 1 aromatic rings. The molecule has 0 N–H and O–H groups in total. The van der Waals surface area contributed by atoms with Crippen molar-refractivity contribution < 1.29 is 0 Å². The van der Waals surface area contributed by atoms with Crippen molar-refractivity contribution in [3.05, 3.63) is 28.8 Å². The minimum absolute atomic E-state index is 0.0355. The average Bonchev–Trinajstić information content (AvgIpc) is 2.46.